The molecule has 3 unspecified atom stereocenters. The van der Waals surface area contributed by atoms with E-state index in [-0.39, 0.29) is 17.8 Å². The first kappa shape index (κ1) is 18.2. The van der Waals surface area contributed by atoms with Gasteiger partial charge in [-0.15, -0.1) is 0 Å². The molecule has 1 aromatic carbocycles. The van der Waals surface area contributed by atoms with Crippen molar-refractivity contribution in [3.63, 3.8) is 0 Å². The van der Waals surface area contributed by atoms with Crippen LogP contribution in [0.2, 0.25) is 0 Å². The van der Waals surface area contributed by atoms with Crippen LogP contribution in [0, 0.1) is 5.92 Å². The number of halogens is 3. The van der Waals surface area contributed by atoms with Crippen LogP contribution in [0.15, 0.2) is 24.3 Å². The van der Waals surface area contributed by atoms with Crippen LogP contribution in [0.1, 0.15) is 49.8 Å². The topological polar surface area (TPSA) is 38.7 Å². The molecule has 0 amide bonds. The fourth-order valence-corrected chi connectivity index (χ4v) is 2.61. The molecular weight excluding hydrogens is 309 g/mol. The largest absolute Gasteiger partial charge is 0.416 e. The van der Waals surface area contributed by atoms with Crippen molar-refractivity contribution < 1.29 is 27.8 Å². The van der Waals surface area contributed by atoms with E-state index in [1.165, 1.54) is 12.1 Å². The van der Waals surface area contributed by atoms with E-state index in [4.69, 9.17) is 9.47 Å². The third-order valence-electron chi connectivity index (χ3n) is 4.11. The minimum atomic E-state index is -4.40. The lowest BCUT2D eigenvalue weighted by Crippen LogP contribution is -2.23. The van der Waals surface area contributed by atoms with Crippen molar-refractivity contribution in [2.45, 2.75) is 51.2 Å². The normalized spacial score (nSPS) is 21.9. The first-order chi connectivity index (χ1) is 10.9. The summed E-state index contributed by atoms with van der Waals surface area (Å²) in [5, 5.41) is 10.3. The van der Waals surface area contributed by atoms with Gasteiger partial charge in [-0.05, 0) is 49.3 Å². The summed E-state index contributed by atoms with van der Waals surface area (Å²) in [4.78, 5) is 0. The fraction of sp³-hybridized carbons (Fsp3) is 0.647. The maximum absolute atomic E-state index is 12.7. The van der Waals surface area contributed by atoms with Gasteiger partial charge in [-0.3, -0.25) is 0 Å². The van der Waals surface area contributed by atoms with Crippen LogP contribution in [0.4, 0.5) is 13.2 Å². The summed E-state index contributed by atoms with van der Waals surface area (Å²) >= 11 is 0. The van der Waals surface area contributed by atoms with Gasteiger partial charge < -0.3 is 14.6 Å². The Balaban J connectivity index is 1.85. The molecule has 1 saturated heterocycles. The average molecular weight is 332 g/mol. The molecule has 23 heavy (non-hydrogen) atoms. The highest BCUT2D eigenvalue weighted by molar-refractivity contribution is 5.27. The summed E-state index contributed by atoms with van der Waals surface area (Å²) in [5.74, 6) is -0.206. The summed E-state index contributed by atoms with van der Waals surface area (Å²) in [7, 11) is 0. The van der Waals surface area contributed by atoms with Crippen LogP contribution in [-0.4, -0.2) is 24.6 Å². The van der Waals surface area contributed by atoms with E-state index in [9.17, 15) is 18.3 Å². The molecule has 1 fully saturated rings. The van der Waals surface area contributed by atoms with Crippen molar-refractivity contribution in [3.05, 3.63) is 35.4 Å². The number of benzene rings is 1. The summed E-state index contributed by atoms with van der Waals surface area (Å²) < 4.78 is 49.2. The van der Waals surface area contributed by atoms with Crippen LogP contribution in [-0.2, 0) is 15.7 Å². The molecule has 0 saturated carbocycles. The molecule has 1 heterocycles. The highest BCUT2D eigenvalue weighted by atomic mass is 19.4. The van der Waals surface area contributed by atoms with Gasteiger partial charge in [-0.1, -0.05) is 19.1 Å². The maximum Gasteiger partial charge on any atom is 0.416 e. The molecule has 1 aromatic rings. The van der Waals surface area contributed by atoms with E-state index < -0.39 is 17.8 Å². The second-order valence-electron chi connectivity index (χ2n) is 6.00. The Bertz CT molecular complexity index is 484. The van der Waals surface area contributed by atoms with Gasteiger partial charge in [0, 0.05) is 6.61 Å². The molecular formula is C17H23F3O3. The Morgan fingerprint density at radius 3 is 2.78 bits per heavy atom. The molecule has 0 aliphatic carbocycles. The molecule has 0 aromatic heterocycles. The Labute approximate surface area is 134 Å². The summed E-state index contributed by atoms with van der Waals surface area (Å²) in [6.45, 7) is 2.92. The molecule has 1 N–H and O–H groups in total. The lowest BCUT2D eigenvalue weighted by Gasteiger charge is -2.24. The van der Waals surface area contributed by atoms with E-state index in [2.05, 4.69) is 0 Å². The molecule has 2 rings (SSSR count). The maximum atomic E-state index is 12.7. The predicted molar refractivity (Wildman–Crippen MR) is 79.7 cm³/mol. The summed E-state index contributed by atoms with van der Waals surface area (Å²) in [6.07, 6.45) is -2.00. The lowest BCUT2D eigenvalue weighted by molar-refractivity contribution is -0.165. The molecule has 3 nitrogen and oxygen atoms in total. The van der Waals surface area contributed by atoms with Crippen molar-refractivity contribution in [2.24, 2.45) is 5.92 Å². The first-order valence-corrected chi connectivity index (χ1v) is 7.96. The van der Waals surface area contributed by atoms with Crippen LogP contribution in [0.25, 0.3) is 0 Å². The Morgan fingerprint density at radius 2 is 2.13 bits per heavy atom. The van der Waals surface area contributed by atoms with E-state index in [0.29, 0.717) is 19.6 Å². The number of hydrogen-bond donors (Lipinski definition) is 1. The number of aliphatic hydroxyl groups excluding tert-OH is 1. The molecule has 0 radical (unpaired) electrons. The molecule has 1 aliphatic heterocycles. The molecule has 0 spiro atoms. The minimum Gasteiger partial charge on any atom is -0.388 e. The van der Waals surface area contributed by atoms with Crippen molar-refractivity contribution in [1.29, 1.82) is 0 Å². The number of rotatable bonds is 6. The number of alkyl halides is 3. The molecule has 3 atom stereocenters. The number of ether oxygens (including phenoxy) is 2. The lowest BCUT2D eigenvalue weighted by atomic mass is 9.94. The number of hydrogen-bond acceptors (Lipinski definition) is 3. The second kappa shape index (κ2) is 8.13. The zero-order valence-corrected chi connectivity index (χ0v) is 13.2. The third kappa shape index (κ3) is 5.48. The quantitative estimate of drug-likeness (QED) is 0.844. The third-order valence-corrected chi connectivity index (χ3v) is 4.11. The van der Waals surface area contributed by atoms with Crippen molar-refractivity contribution >= 4 is 0 Å². The molecule has 1 aliphatic rings. The second-order valence-corrected chi connectivity index (χ2v) is 6.00. The van der Waals surface area contributed by atoms with Gasteiger partial charge in [-0.25, -0.2) is 0 Å². The Hall–Kier alpha value is -1.11. The fourth-order valence-electron chi connectivity index (χ4n) is 2.61. The highest BCUT2D eigenvalue weighted by Gasteiger charge is 2.31. The predicted octanol–water partition coefficient (Wildman–Crippen LogP) is 4.31. The SMILES string of the molecule is CC(CCOC1CCCCO1)C(O)c1cccc(C(F)(F)F)c1. The zero-order valence-electron chi connectivity index (χ0n) is 13.2. The Morgan fingerprint density at radius 1 is 1.35 bits per heavy atom. The standard InChI is InChI=1S/C17H23F3O3/c1-12(8-10-23-15-7-2-3-9-22-15)16(21)13-5-4-6-14(11-13)17(18,19)20/h4-6,11-12,15-16,21H,2-3,7-10H2,1H3. The van der Waals surface area contributed by atoms with Gasteiger partial charge in [0.25, 0.3) is 0 Å². The van der Waals surface area contributed by atoms with Gasteiger partial charge in [0.05, 0.1) is 18.3 Å². The van der Waals surface area contributed by atoms with Crippen LogP contribution in [0.5, 0.6) is 0 Å². The average Bonchev–Trinajstić information content (AvgIpc) is 2.54. The van der Waals surface area contributed by atoms with E-state index >= 15 is 0 Å². The van der Waals surface area contributed by atoms with Crippen LogP contribution >= 0.6 is 0 Å². The smallest absolute Gasteiger partial charge is 0.388 e. The summed E-state index contributed by atoms with van der Waals surface area (Å²) in [5.41, 5.74) is -0.464. The van der Waals surface area contributed by atoms with Gasteiger partial charge in [0.15, 0.2) is 6.29 Å². The van der Waals surface area contributed by atoms with Gasteiger partial charge in [0.1, 0.15) is 0 Å². The monoisotopic (exact) mass is 332 g/mol. The molecule has 0 bridgehead atoms. The van der Waals surface area contributed by atoms with Crippen molar-refractivity contribution in [2.75, 3.05) is 13.2 Å². The van der Waals surface area contributed by atoms with Crippen LogP contribution in [0.3, 0.4) is 0 Å². The van der Waals surface area contributed by atoms with E-state index in [0.717, 1.165) is 31.4 Å². The zero-order chi connectivity index (χ0) is 16.9. The van der Waals surface area contributed by atoms with Gasteiger partial charge in [-0.2, -0.15) is 13.2 Å². The Kier molecular flexibility index (Phi) is 6.44. The first-order valence-electron chi connectivity index (χ1n) is 7.96. The van der Waals surface area contributed by atoms with E-state index in [1.807, 2.05) is 0 Å². The molecule has 130 valence electrons. The minimum absolute atomic E-state index is 0.193. The molecule has 6 heteroatoms. The van der Waals surface area contributed by atoms with Gasteiger partial charge in [0.2, 0.25) is 0 Å². The van der Waals surface area contributed by atoms with Crippen molar-refractivity contribution in [3.8, 4) is 0 Å². The van der Waals surface area contributed by atoms with Crippen molar-refractivity contribution in [1.82, 2.24) is 0 Å². The van der Waals surface area contributed by atoms with Gasteiger partial charge >= 0.3 is 6.18 Å². The number of aliphatic hydroxyl groups is 1. The van der Waals surface area contributed by atoms with E-state index in [1.54, 1.807) is 6.92 Å². The summed E-state index contributed by atoms with van der Waals surface area (Å²) in [6, 6.07) is 4.85. The van der Waals surface area contributed by atoms with Crippen LogP contribution < -0.4 is 0 Å². The highest BCUT2D eigenvalue weighted by Crippen LogP contribution is 2.32.